The molecule has 0 saturated heterocycles. The molecule has 0 aromatic heterocycles. The summed E-state index contributed by atoms with van der Waals surface area (Å²) < 4.78 is 13.7. The van der Waals surface area contributed by atoms with Crippen molar-refractivity contribution in [3.05, 3.63) is 106 Å². The highest BCUT2D eigenvalue weighted by atomic mass is 19.1. The zero-order chi connectivity index (χ0) is 20.2. The Morgan fingerprint density at radius 1 is 0.897 bits per heavy atom. The van der Waals surface area contributed by atoms with E-state index in [0.717, 1.165) is 12.0 Å². The first-order valence-electron chi connectivity index (χ1n) is 9.59. The molecule has 3 aromatic carbocycles. The number of nitrogens with zero attached hydrogens (tertiary/aromatic N) is 1. The van der Waals surface area contributed by atoms with E-state index in [0.29, 0.717) is 29.8 Å². The number of hydrogen-bond donors (Lipinski definition) is 1. The molecular formula is C24H21FN2O2. The number of carbonyl (C=O) groups is 2. The zero-order valence-corrected chi connectivity index (χ0v) is 15.9. The predicted molar refractivity (Wildman–Crippen MR) is 109 cm³/mol. The van der Waals surface area contributed by atoms with Crippen LogP contribution in [0.15, 0.2) is 72.8 Å². The fourth-order valence-electron chi connectivity index (χ4n) is 3.56. The number of fused-ring (bicyclic) bond motifs is 1. The van der Waals surface area contributed by atoms with E-state index >= 15 is 0 Å². The second kappa shape index (κ2) is 8.27. The van der Waals surface area contributed by atoms with Gasteiger partial charge in [0.05, 0.1) is 0 Å². The predicted octanol–water partition coefficient (Wildman–Crippen LogP) is 3.95. The lowest BCUT2D eigenvalue weighted by atomic mass is 9.99. The van der Waals surface area contributed by atoms with Crippen LogP contribution in [0.4, 0.5) is 4.39 Å². The fourth-order valence-corrected chi connectivity index (χ4v) is 3.56. The summed E-state index contributed by atoms with van der Waals surface area (Å²) in [6.45, 7) is 1.31. The molecule has 0 unspecified atom stereocenters. The minimum atomic E-state index is -0.359. The van der Waals surface area contributed by atoms with Crippen LogP contribution in [-0.4, -0.2) is 23.3 Å². The average molecular weight is 388 g/mol. The summed E-state index contributed by atoms with van der Waals surface area (Å²) in [6.07, 6.45) is 0.824. The van der Waals surface area contributed by atoms with Gasteiger partial charge in [0, 0.05) is 36.3 Å². The van der Waals surface area contributed by atoms with Crippen LogP contribution in [-0.2, 0) is 19.5 Å². The molecule has 4 rings (SSSR count). The van der Waals surface area contributed by atoms with E-state index in [4.69, 9.17) is 0 Å². The second-order valence-corrected chi connectivity index (χ2v) is 7.10. The van der Waals surface area contributed by atoms with E-state index in [-0.39, 0.29) is 24.2 Å². The van der Waals surface area contributed by atoms with E-state index in [1.54, 1.807) is 47.4 Å². The Kier molecular flexibility index (Phi) is 5.38. The van der Waals surface area contributed by atoms with Crippen molar-refractivity contribution < 1.29 is 14.0 Å². The lowest BCUT2D eigenvalue weighted by Crippen LogP contribution is -2.36. The van der Waals surface area contributed by atoms with E-state index in [1.165, 1.54) is 11.6 Å². The summed E-state index contributed by atoms with van der Waals surface area (Å²) in [4.78, 5) is 27.2. The van der Waals surface area contributed by atoms with Crippen molar-refractivity contribution in [3.63, 3.8) is 0 Å². The summed E-state index contributed by atoms with van der Waals surface area (Å²) in [5.41, 5.74) is 3.70. The van der Waals surface area contributed by atoms with Gasteiger partial charge in [0.2, 0.25) is 0 Å². The Bertz CT molecular complexity index is 1060. The highest BCUT2D eigenvalue weighted by molar-refractivity contribution is 5.99. The van der Waals surface area contributed by atoms with Crippen LogP contribution >= 0.6 is 0 Å². The van der Waals surface area contributed by atoms with E-state index in [2.05, 4.69) is 11.4 Å². The molecule has 0 radical (unpaired) electrons. The van der Waals surface area contributed by atoms with Gasteiger partial charge in [-0.3, -0.25) is 9.59 Å². The Morgan fingerprint density at radius 2 is 1.62 bits per heavy atom. The minimum absolute atomic E-state index is 0.0899. The molecule has 0 saturated carbocycles. The molecular weight excluding hydrogens is 367 g/mol. The van der Waals surface area contributed by atoms with Crippen molar-refractivity contribution in [2.45, 2.75) is 19.5 Å². The largest absolute Gasteiger partial charge is 0.348 e. The van der Waals surface area contributed by atoms with Gasteiger partial charge in [0.1, 0.15) is 5.82 Å². The summed E-state index contributed by atoms with van der Waals surface area (Å²) in [6, 6.07) is 21.1. The first-order valence-corrected chi connectivity index (χ1v) is 9.59. The molecule has 3 aromatic rings. The number of carbonyl (C=O) groups excluding carboxylic acids is 2. The first kappa shape index (κ1) is 18.9. The van der Waals surface area contributed by atoms with Gasteiger partial charge in [0.15, 0.2) is 0 Å². The lowest BCUT2D eigenvalue weighted by Gasteiger charge is -2.29. The topological polar surface area (TPSA) is 49.4 Å². The summed E-state index contributed by atoms with van der Waals surface area (Å²) >= 11 is 0. The van der Waals surface area contributed by atoms with Crippen LogP contribution < -0.4 is 5.32 Å². The van der Waals surface area contributed by atoms with Crippen molar-refractivity contribution in [2.24, 2.45) is 0 Å². The Morgan fingerprint density at radius 3 is 2.45 bits per heavy atom. The van der Waals surface area contributed by atoms with Gasteiger partial charge in [-0.15, -0.1) is 0 Å². The standard InChI is InChI=1S/C24H21FN2O2/c25-22-11-4-3-7-20(22)15-26-23(28)18-9-5-10-19(14-18)24(29)27-13-12-17-6-1-2-8-21(17)16-27/h1-11,14H,12-13,15-16H2,(H,26,28). The first-order chi connectivity index (χ1) is 14.1. The molecule has 1 N–H and O–H groups in total. The minimum Gasteiger partial charge on any atom is -0.348 e. The van der Waals surface area contributed by atoms with Crippen LogP contribution in [0.2, 0.25) is 0 Å². The zero-order valence-electron chi connectivity index (χ0n) is 15.9. The molecule has 29 heavy (non-hydrogen) atoms. The van der Waals surface area contributed by atoms with Gasteiger partial charge in [-0.25, -0.2) is 4.39 Å². The van der Waals surface area contributed by atoms with E-state index < -0.39 is 0 Å². The highest BCUT2D eigenvalue weighted by Crippen LogP contribution is 2.20. The number of amides is 2. The van der Waals surface area contributed by atoms with E-state index in [9.17, 15) is 14.0 Å². The van der Waals surface area contributed by atoms with Crippen LogP contribution in [0.5, 0.6) is 0 Å². The van der Waals surface area contributed by atoms with Crippen molar-refractivity contribution in [3.8, 4) is 0 Å². The van der Waals surface area contributed by atoms with Crippen LogP contribution in [0.1, 0.15) is 37.4 Å². The third-order valence-electron chi connectivity index (χ3n) is 5.19. The van der Waals surface area contributed by atoms with Crippen LogP contribution in [0.25, 0.3) is 0 Å². The number of rotatable bonds is 4. The van der Waals surface area contributed by atoms with Crippen molar-refractivity contribution >= 4 is 11.8 Å². The van der Waals surface area contributed by atoms with Crippen LogP contribution in [0, 0.1) is 5.82 Å². The molecule has 0 bridgehead atoms. The third kappa shape index (κ3) is 4.19. The Balaban J connectivity index is 1.45. The molecule has 1 aliphatic heterocycles. The highest BCUT2D eigenvalue weighted by Gasteiger charge is 2.22. The monoisotopic (exact) mass is 388 g/mol. The quantitative estimate of drug-likeness (QED) is 0.736. The summed E-state index contributed by atoms with van der Waals surface area (Å²) in [5.74, 6) is -0.794. The maximum Gasteiger partial charge on any atom is 0.254 e. The second-order valence-electron chi connectivity index (χ2n) is 7.10. The number of halogens is 1. The number of nitrogens with one attached hydrogen (secondary N) is 1. The lowest BCUT2D eigenvalue weighted by molar-refractivity contribution is 0.0734. The molecule has 1 aliphatic rings. The molecule has 1 heterocycles. The summed E-state index contributed by atoms with van der Waals surface area (Å²) in [5, 5.41) is 2.71. The fraction of sp³-hybridized carbons (Fsp3) is 0.167. The smallest absolute Gasteiger partial charge is 0.254 e. The Hall–Kier alpha value is -3.47. The van der Waals surface area contributed by atoms with Gasteiger partial charge in [-0.1, -0.05) is 48.5 Å². The van der Waals surface area contributed by atoms with Gasteiger partial charge in [-0.05, 0) is 41.8 Å². The van der Waals surface area contributed by atoms with Gasteiger partial charge >= 0.3 is 0 Å². The van der Waals surface area contributed by atoms with Gasteiger partial charge in [0.25, 0.3) is 11.8 Å². The van der Waals surface area contributed by atoms with Gasteiger partial charge in [-0.2, -0.15) is 0 Å². The molecule has 146 valence electrons. The van der Waals surface area contributed by atoms with Crippen molar-refractivity contribution in [1.29, 1.82) is 0 Å². The number of benzene rings is 3. The molecule has 0 fully saturated rings. The molecule has 4 nitrogen and oxygen atoms in total. The summed E-state index contributed by atoms with van der Waals surface area (Å²) in [7, 11) is 0. The molecule has 0 aliphatic carbocycles. The van der Waals surface area contributed by atoms with Crippen molar-refractivity contribution in [2.75, 3.05) is 6.54 Å². The molecule has 0 spiro atoms. The maximum absolute atomic E-state index is 13.7. The third-order valence-corrected chi connectivity index (χ3v) is 5.19. The maximum atomic E-state index is 13.7. The van der Waals surface area contributed by atoms with Crippen LogP contribution in [0.3, 0.4) is 0 Å². The van der Waals surface area contributed by atoms with Gasteiger partial charge < -0.3 is 10.2 Å². The number of hydrogen-bond acceptors (Lipinski definition) is 2. The average Bonchev–Trinajstić information content (AvgIpc) is 2.77. The van der Waals surface area contributed by atoms with E-state index in [1.807, 2.05) is 18.2 Å². The molecule has 0 atom stereocenters. The molecule has 2 amide bonds. The molecule has 5 heteroatoms. The Labute approximate surface area is 169 Å². The van der Waals surface area contributed by atoms with Crippen molar-refractivity contribution in [1.82, 2.24) is 10.2 Å². The normalized spacial score (nSPS) is 12.9. The SMILES string of the molecule is O=C(NCc1ccccc1F)c1cccc(C(=O)N2CCc3ccccc3C2)c1.